The minimum absolute atomic E-state index is 0.00921. The molecule has 4 rings (SSSR count). The third-order valence-electron chi connectivity index (χ3n) is 5.91. The van der Waals surface area contributed by atoms with E-state index in [-0.39, 0.29) is 17.9 Å². The van der Waals surface area contributed by atoms with E-state index < -0.39 is 0 Å². The van der Waals surface area contributed by atoms with Crippen LogP contribution in [0.25, 0.3) is 0 Å². The molecule has 0 bridgehead atoms. The number of ether oxygens (including phenoxy) is 1. The van der Waals surface area contributed by atoms with Gasteiger partial charge in [-0.05, 0) is 61.9 Å². The van der Waals surface area contributed by atoms with Gasteiger partial charge in [-0.25, -0.2) is 4.98 Å². The Kier molecular flexibility index (Phi) is 8.41. The molecular formula is C24H30N4O3S2. The van der Waals surface area contributed by atoms with E-state index in [1.165, 1.54) is 10.3 Å². The third-order valence-corrected chi connectivity index (χ3v) is 8.26. The van der Waals surface area contributed by atoms with Gasteiger partial charge in [0.1, 0.15) is 0 Å². The van der Waals surface area contributed by atoms with Gasteiger partial charge >= 0.3 is 0 Å². The number of anilines is 2. The van der Waals surface area contributed by atoms with Crippen molar-refractivity contribution >= 4 is 45.7 Å². The Labute approximate surface area is 203 Å². The molecule has 1 aromatic carbocycles. The summed E-state index contributed by atoms with van der Waals surface area (Å²) < 4.78 is 6.67. The predicted molar refractivity (Wildman–Crippen MR) is 134 cm³/mol. The number of carbonyl (C=O) groups is 2. The van der Waals surface area contributed by atoms with Crippen molar-refractivity contribution in [3.8, 4) is 0 Å². The molecule has 0 spiro atoms. The molecule has 0 radical (unpaired) electrons. The topological polar surface area (TPSA) is 83.6 Å². The van der Waals surface area contributed by atoms with Crippen LogP contribution >= 0.6 is 23.1 Å². The average Bonchev–Trinajstić information content (AvgIpc) is 3.30. The monoisotopic (exact) mass is 486 g/mol. The van der Waals surface area contributed by atoms with Crippen LogP contribution < -0.4 is 10.6 Å². The van der Waals surface area contributed by atoms with Crippen LogP contribution in [-0.2, 0) is 9.53 Å². The number of carbonyl (C=O) groups excluding carboxylic acids is 2. The van der Waals surface area contributed by atoms with E-state index >= 15 is 0 Å². The number of hydrogen-bond acceptors (Lipinski definition) is 7. The highest BCUT2D eigenvalue weighted by molar-refractivity contribution is 8.01. The van der Waals surface area contributed by atoms with Crippen molar-refractivity contribution in [2.45, 2.75) is 35.9 Å². The van der Waals surface area contributed by atoms with Crippen LogP contribution in [0, 0.1) is 5.92 Å². The highest BCUT2D eigenvalue weighted by Gasteiger charge is 2.25. The van der Waals surface area contributed by atoms with E-state index in [1.54, 1.807) is 35.6 Å². The summed E-state index contributed by atoms with van der Waals surface area (Å²) in [6, 6.07) is 7.17. The summed E-state index contributed by atoms with van der Waals surface area (Å²) in [7, 11) is 0. The third kappa shape index (κ3) is 6.82. The molecule has 2 aromatic rings. The zero-order chi connectivity index (χ0) is 23.0. The molecule has 3 heterocycles. The number of aromatic nitrogens is 1. The lowest BCUT2D eigenvalue weighted by Gasteiger charge is -2.33. The smallest absolute Gasteiger partial charge is 0.253 e. The molecule has 0 aliphatic carbocycles. The van der Waals surface area contributed by atoms with E-state index in [1.807, 2.05) is 22.9 Å². The highest BCUT2D eigenvalue weighted by atomic mass is 32.2. The number of piperidine rings is 1. The molecule has 2 saturated heterocycles. The van der Waals surface area contributed by atoms with Crippen molar-refractivity contribution in [1.82, 2.24) is 9.88 Å². The second kappa shape index (κ2) is 11.7. The van der Waals surface area contributed by atoms with Gasteiger partial charge in [-0.15, -0.1) is 11.8 Å². The van der Waals surface area contributed by atoms with Crippen LogP contribution in [-0.4, -0.2) is 59.8 Å². The first-order chi connectivity index (χ1) is 16.1. The van der Waals surface area contributed by atoms with Gasteiger partial charge in [0.25, 0.3) is 5.91 Å². The van der Waals surface area contributed by atoms with Crippen LogP contribution in [0.2, 0.25) is 0 Å². The van der Waals surface area contributed by atoms with Crippen LogP contribution in [0.3, 0.4) is 0 Å². The summed E-state index contributed by atoms with van der Waals surface area (Å²) >= 11 is 3.58. The molecule has 2 aliphatic heterocycles. The van der Waals surface area contributed by atoms with Crippen molar-refractivity contribution < 1.29 is 14.3 Å². The fraction of sp³-hybridized carbons (Fsp3) is 0.458. The highest BCUT2D eigenvalue weighted by Crippen LogP contribution is 2.32. The molecule has 9 heteroatoms. The van der Waals surface area contributed by atoms with Gasteiger partial charge in [0.05, 0.1) is 10.4 Å². The van der Waals surface area contributed by atoms with Gasteiger partial charge in [-0.3, -0.25) is 9.59 Å². The molecule has 2 aliphatic rings. The second-order valence-corrected chi connectivity index (χ2v) is 10.7. The van der Waals surface area contributed by atoms with Crippen molar-refractivity contribution in [2.24, 2.45) is 5.92 Å². The zero-order valence-electron chi connectivity index (χ0n) is 18.6. The van der Waals surface area contributed by atoms with Gasteiger partial charge in [0, 0.05) is 49.3 Å². The molecule has 1 aromatic heterocycles. The Bertz CT molecular complexity index is 957. The zero-order valence-corrected chi connectivity index (χ0v) is 20.3. The van der Waals surface area contributed by atoms with Crippen molar-refractivity contribution in [1.29, 1.82) is 0 Å². The number of likely N-dealkylation sites (tertiary alicyclic amines) is 1. The average molecular weight is 487 g/mol. The Morgan fingerprint density at radius 3 is 2.79 bits per heavy atom. The second-order valence-electron chi connectivity index (χ2n) is 8.36. The summed E-state index contributed by atoms with van der Waals surface area (Å²) in [5.74, 6) is 1.58. The number of nitrogens with one attached hydrogen (secondary N) is 2. The Morgan fingerprint density at radius 2 is 2.03 bits per heavy atom. The molecule has 176 valence electrons. The SMILES string of the molecule is C=CC(=O)Nc1ccc(C(=O)N2CCCC(Nc3ncc(SCC4CCOCC4)s3)C2)cc1. The van der Waals surface area contributed by atoms with Gasteiger partial charge in [-0.2, -0.15) is 0 Å². The number of thioether (sulfide) groups is 1. The van der Waals surface area contributed by atoms with E-state index in [0.717, 1.165) is 62.2 Å². The van der Waals surface area contributed by atoms with E-state index in [4.69, 9.17) is 4.74 Å². The van der Waals surface area contributed by atoms with Crippen molar-refractivity contribution in [2.75, 3.05) is 42.7 Å². The molecule has 33 heavy (non-hydrogen) atoms. The summed E-state index contributed by atoms with van der Waals surface area (Å²) in [5, 5.41) is 7.15. The minimum atomic E-state index is -0.272. The first kappa shape index (κ1) is 23.8. The van der Waals surface area contributed by atoms with Crippen LogP contribution in [0.5, 0.6) is 0 Å². The number of hydrogen-bond donors (Lipinski definition) is 2. The number of amides is 2. The molecular weight excluding hydrogens is 456 g/mol. The standard InChI is InChI=1S/C24H30N4O3S2/c1-2-21(29)26-19-7-5-18(6-8-19)23(30)28-11-3-4-20(15-28)27-24-25-14-22(33-24)32-16-17-9-12-31-13-10-17/h2,5-8,14,17,20H,1,3-4,9-13,15-16H2,(H,25,27)(H,26,29). The van der Waals surface area contributed by atoms with E-state index in [2.05, 4.69) is 22.2 Å². The maximum Gasteiger partial charge on any atom is 0.253 e. The van der Waals surface area contributed by atoms with Crippen LogP contribution in [0.15, 0.2) is 47.3 Å². The summed E-state index contributed by atoms with van der Waals surface area (Å²) in [5.41, 5.74) is 1.26. The minimum Gasteiger partial charge on any atom is -0.381 e. The molecule has 2 N–H and O–H groups in total. The lowest BCUT2D eigenvalue weighted by Crippen LogP contribution is -2.45. The van der Waals surface area contributed by atoms with E-state index in [9.17, 15) is 9.59 Å². The van der Waals surface area contributed by atoms with Crippen molar-refractivity contribution in [3.05, 3.63) is 48.7 Å². The molecule has 1 atom stereocenters. The number of thiazole rings is 1. The number of rotatable bonds is 8. The van der Waals surface area contributed by atoms with Gasteiger partial charge in [-0.1, -0.05) is 17.9 Å². The summed E-state index contributed by atoms with van der Waals surface area (Å²) in [6.45, 7) is 6.60. The van der Waals surface area contributed by atoms with Gasteiger partial charge < -0.3 is 20.3 Å². The van der Waals surface area contributed by atoms with Gasteiger partial charge in [0.15, 0.2) is 5.13 Å². The fourth-order valence-electron chi connectivity index (χ4n) is 4.03. The van der Waals surface area contributed by atoms with Gasteiger partial charge in [0.2, 0.25) is 5.91 Å². The molecule has 7 nitrogen and oxygen atoms in total. The van der Waals surface area contributed by atoms with E-state index in [0.29, 0.717) is 17.8 Å². The fourth-order valence-corrected chi connectivity index (χ4v) is 6.20. The lowest BCUT2D eigenvalue weighted by atomic mass is 10.0. The first-order valence-corrected chi connectivity index (χ1v) is 13.2. The lowest BCUT2D eigenvalue weighted by molar-refractivity contribution is -0.111. The molecule has 2 amide bonds. The molecule has 0 saturated carbocycles. The Morgan fingerprint density at radius 1 is 1.24 bits per heavy atom. The molecule has 1 unspecified atom stereocenters. The Balaban J connectivity index is 1.27. The van der Waals surface area contributed by atoms with Crippen molar-refractivity contribution in [3.63, 3.8) is 0 Å². The number of nitrogens with zero attached hydrogens (tertiary/aromatic N) is 2. The maximum atomic E-state index is 13.0. The Hall–Kier alpha value is -2.36. The van der Waals surface area contributed by atoms with Crippen LogP contribution in [0.1, 0.15) is 36.0 Å². The predicted octanol–water partition coefficient (Wildman–Crippen LogP) is 4.50. The summed E-state index contributed by atoms with van der Waals surface area (Å²) in [6.07, 6.45) is 7.43. The maximum absolute atomic E-state index is 13.0. The first-order valence-electron chi connectivity index (χ1n) is 11.4. The molecule has 2 fully saturated rings. The quantitative estimate of drug-likeness (QED) is 0.422. The number of benzene rings is 1. The van der Waals surface area contributed by atoms with Crippen LogP contribution in [0.4, 0.5) is 10.8 Å². The normalized spacial score (nSPS) is 19.2. The summed E-state index contributed by atoms with van der Waals surface area (Å²) in [4.78, 5) is 30.9. The largest absolute Gasteiger partial charge is 0.381 e.